The molecule has 0 unspecified atom stereocenters. The highest BCUT2D eigenvalue weighted by molar-refractivity contribution is 7.21. The van der Waals surface area contributed by atoms with E-state index in [1.165, 1.54) is 16.2 Å². The van der Waals surface area contributed by atoms with Gasteiger partial charge in [0, 0.05) is 67.1 Å². The van der Waals surface area contributed by atoms with Crippen LogP contribution in [0, 0.1) is 0 Å². The highest BCUT2D eigenvalue weighted by Crippen LogP contribution is 2.37. The average Bonchev–Trinajstić information content (AvgIpc) is 3.28. The van der Waals surface area contributed by atoms with Crippen molar-refractivity contribution < 1.29 is 18.4 Å². The third-order valence-corrected chi connectivity index (χ3v) is 6.94. The molecule has 1 fully saturated rings. The topological polar surface area (TPSA) is 53.5 Å². The van der Waals surface area contributed by atoms with Crippen LogP contribution in [0.1, 0.15) is 38.6 Å². The summed E-state index contributed by atoms with van der Waals surface area (Å²) >= 11 is 1.37. The summed E-state index contributed by atoms with van der Waals surface area (Å²) in [6.45, 7) is 0.672. The van der Waals surface area contributed by atoms with E-state index in [-0.39, 0.29) is 37.7 Å². The van der Waals surface area contributed by atoms with Gasteiger partial charge < -0.3 is 9.80 Å². The second-order valence-corrected chi connectivity index (χ2v) is 8.93. The van der Waals surface area contributed by atoms with Crippen LogP contribution < -0.4 is 0 Å². The lowest BCUT2D eigenvalue weighted by molar-refractivity contribution is -0.0493. The van der Waals surface area contributed by atoms with Crippen LogP contribution in [-0.4, -0.2) is 52.7 Å². The van der Waals surface area contributed by atoms with E-state index in [1.807, 2.05) is 30.3 Å². The summed E-state index contributed by atoms with van der Waals surface area (Å²) in [4.78, 5) is 33.1. The fraction of sp³-hybridized carbons (Fsp3) is 0.318. The van der Waals surface area contributed by atoms with Crippen LogP contribution in [0.25, 0.3) is 21.2 Å². The number of pyridine rings is 1. The van der Waals surface area contributed by atoms with E-state index in [0.717, 1.165) is 26.8 Å². The van der Waals surface area contributed by atoms with Gasteiger partial charge in [-0.3, -0.25) is 14.6 Å². The second-order valence-electron chi connectivity index (χ2n) is 7.88. The van der Waals surface area contributed by atoms with Gasteiger partial charge in [0.05, 0.1) is 4.88 Å². The van der Waals surface area contributed by atoms with Crippen molar-refractivity contribution in [3.8, 4) is 11.1 Å². The zero-order valence-electron chi connectivity index (χ0n) is 16.3. The van der Waals surface area contributed by atoms with Crippen molar-refractivity contribution >= 4 is 33.2 Å². The number of amides is 2. The maximum atomic E-state index is 13.4. The number of piperidine rings is 1. The van der Waals surface area contributed by atoms with Gasteiger partial charge in [0.25, 0.3) is 17.7 Å². The van der Waals surface area contributed by atoms with Crippen molar-refractivity contribution in [1.82, 2.24) is 14.8 Å². The van der Waals surface area contributed by atoms with Gasteiger partial charge in [-0.2, -0.15) is 0 Å². The lowest BCUT2D eigenvalue weighted by Crippen LogP contribution is -2.42. The van der Waals surface area contributed by atoms with Crippen LogP contribution in [0.15, 0.2) is 36.5 Å². The summed E-state index contributed by atoms with van der Waals surface area (Å²) < 4.78 is 27.8. The molecular weight excluding hydrogens is 408 g/mol. The van der Waals surface area contributed by atoms with Crippen molar-refractivity contribution in [1.29, 1.82) is 0 Å². The maximum absolute atomic E-state index is 13.4. The highest BCUT2D eigenvalue weighted by atomic mass is 32.1. The SMILES string of the molecule is CN1Cc2cc(-c3cccc4cc(C(=O)N5CCC(F)(F)CC5)sc34)cnc2C1=O. The molecule has 5 rings (SSSR count). The molecule has 1 saturated heterocycles. The summed E-state index contributed by atoms with van der Waals surface area (Å²) in [6, 6.07) is 9.64. The number of benzene rings is 1. The van der Waals surface area contributed by atoms with Crippen LogP contribution in [0.5, 0.6) is 0 Å². The average molecular weight is 427 g/mol. The summed E-state index contributed by atoms with van der Waals surface area (Å²) in [7, 11) is 1.75. The Balaban J connectivity index is 1.49. The molecule has 2 aliphatic rings. The molecule has 5 nitrogen and oxygen atoms in total. The Labute approximate surface area is 175 Å². The first-order chi connectivity index (χ1) is 14.3. The first-order valence-electron chi connectivity index (χ1n) is 9.77. The molecule has 0 radical (unpaired) electrons. The van der Waals surface area contributed by atoms with E-state index in [9.17, 15) is 18.4 Å². The molecule has 2 aliphatic heterocycles. The molecule has 154 valence electrons. The van der Waals surface area contributed by atoms with Crippen LogP contribution in [0.3, 0.4) is 0 Å². The predicted octanol–water partition coefficient (Wildman–Crippen LogP) is 4.42. The number of hydrogen-bond donors (Lipinski definition) is 0. The molecule has 3 aromatic rings. The number of alkyl halides is 2. The van der Waals surface area contributed by atoms with Gasteiger partial charge in [-0.05, 0) is 17.5 Å². The van der Waals surface area contributed by atoms with Crippen LogP contribution in [0.4, 0.5) is 8.78 Å². The molecule has 2 amide bonds. The van der Waals surface area contributed by atoms with Gasteiger partial charge in [-0.1, -0.05) is 18.2 Å². The van der Waals surface area contributed by atoms with E-state index in [2.05, 4.69) is 4.98 Å². The Bertz CT molecular complexity index is 1180. The largest absolute Gasteiger partial charge is 0.338 e. The third kappa shape index (κ3) is 3.15. The van der Waals surface area contributed by atoms with Crippen molar-refractivity contribution in [2.24, 2.45) is 0 Å². The maximum Gasteiger partial charge on any atom is 0.272 e. The number of carbonyl (C=O) groups is 2. The van der Waals surface area contributed by atoms with Gasteiger partial charge in [0.2, 0.25) is 0 Å². The van der Waals surface area contributed by atoms with E-state index in [0.29, 0.717) is 17.1 Å². The highest BCUT2D eigenvalue weighted by Gasteiger charge is 2.36. The molecule has 4 heterocycles. The minimum absolute atomic E-state index is 0.0726. The summed E-state index contributed by atoms with van der Waals surface area (Å²) in [5.74, 6) is -2.96. The van der Waals surface area contributed by atoms with E-state index in [4.69, 9.17) is 0 Å². The number of rotatable bonds is 2. The monoisotopic (exact) mass is 427 g/mol. The number of nitrogens with zero attached hydrogens (tertiary/aromatic N) is 3. The molecule has 0 atom stereocenters. The molecule has 0 spiro atoms. The Hall–Kier alpha value is -2.87. The van der Waals surface area contributed by atoms with Gasteiger partial charge in [-0.15, -0.1) is 11.3 Å². The van der Waals surface area contributed by atoms with E-state index in [1.54, 1.807) is 18.1 Å². The number of carbonyl (C=O) groups excluding carboxylic acids is 2. The number of likely N-dealkylation sites (tertiary alicyclic amines) is 1. The molecule has 2 aromatic heterocycles. The van der Waals surface area contributed by atoms with Crippen LogP contribution in [-0.2, 0) is 6.54 Å². The number of aromatic nitrogens is 1. The van der Waals surface area contributed by atoms with E-state index >= 15 is 0 Å². The predicted molar refractivity (Wildman–Crippen MR) is 111 cm³/mol. The van der Waals surface area contributed by atoms with Gasteiger partial charge >= 0.3 is 0 Å². The molecule has 30 heavy (non-hydrogen) atoms. The quantitative estimate of drug-likeness (QED) is 0.608. The van der Waals surface area contributed by atoms with Crippen molar-refractivity contribution in [2.75, 3.05) is 20.1 Å². The zero-order chi connectivity index (χ0) is 21.0. The molecule has 0 aliphatic carbocycles. The number of thiophene rings is 1. The Kier molecular flexibility index (Phi) is 4.36. The fourth-order valence-corrected chi connectivity index (χ4v) is 5.23. The van der Waals surface area contributed by atoms with Crippen molar-refractivity contribution in [2.45, 2.75) is 25.3 Å². The lowest BCUT2D eigenvalue weighted by atomic mass is 10.0. The van der Waals surface area contributed by atoms with Crippen LogP contribution >= 0.6 is 11.3 Å². The molecular formula is C22H19F2N3O2S. The van der Waals surface area contributed by atoms with Crippen molar-refractivity contribution in [3.63, 3.8) is 0 Å². The first-order valence-corrected chi connectivity index (χ1v) is 10.6. The van der Waals surface area contributed by atoms with Gasteiger partial charge in [0.15, 0.2) is 0 Å². The minimum atomic E-state index is -2.68. The second kappa shape index (κ2) is 6.84. The Morgan fingerprint density at radius 2 is 1.97 bits per heavy atom. The molecule has 0 bridgehead atoms. The van der Waals surface area contributed by atoms with E-state index < -0.39 is 5.92 Å². The number of fused-ring (bicyclic) bond motifs is 2. The zero-order valence-corrected chi connectivity index (χ0v) is 17.1. The lowest BCUT2D eigenvalue weighted by Gasteiger charge is -2.31. The van der Waals surface area contributed by atoms with Gasteiger partial charge in [-0.25, -0.2) is 8.78 Å². The number of halogens is 2. The first kappa shape index (κ1) is 19.1. The fourth-order valence-electron chi connectivity index (χ4n) is 4.07. The molecule has 0 saturated carbocycles. The normalized spacial score (nSPS) is 18.2. The summed E-state index contributed by atoms with van der Waals surface area (Å²) in [6.07, 6.45) is 1.12. The molecule has 0 N–H and O–H groups in total. The summed E-state index contributed by atoms with van der Waals surface area (Å²) in [5.41, 5.74) is 3.21. The number of hydrogen-bond acceptors (Lipinski definition) is 4. The third-order valence-electron chi connectivity index (χ3n) is 5.77. The standard InChI is InChI=1S/C22H19F2N3O2S/c1-26-12-15-9-14(11-25-18(15)21(26)29)16-4-2-3-13-10-17(30-19(13)16)20(28)27-7-5-22(23,24)6-8-27/h2-4,9-11H,5-8,12H2,1H3. The molecule has 1 aromatic carbocycles. The smallest absolute Gasteiger partial charge is 0.272 e. The molecule has 8 heteroatoms. The minimum Gasteiger partial charge on any atom is -0.338 e. The van der Waals surface area contributed by atoms with Gasteiger partial charge in [0.1, 0.15) is 5.69 Å². The Morgan fingerprint density at radius 1 is 1.20 bits per heavy atom. The Morgan fingerprint density at radius 3 is 2.73 bits per heavy atom. The summed E-state index contributed by atoms with van der Waals surface area (Å²) in [5, 5.41) is 0.928. The van der Waals surface area contributed by atoms with Crippen LogP contribution in [0.2, 0.25) is 0 Å². The van der Waals surface area contributed by atoms with Crippen molar-refractivity contribution in [3.05, 3.63) is 52.7 Å².